The van der Waals surface area contributed by atoms with Crippen LogP contribution in [0.5, 0.6) is 0 Å². The highest BCUT2D eigenvalue weighted by Crippen LogP contribution is 2.56. The molecule has 290 valence electrons. The number of benzene rings is 8. The largest absolute Gasteiger partial charge is 0.139 e. The topological polar surface area (TPSA) is 38.7 Å². The SMILES string of the molecule is Cc1cc2c(c(-c3ccc(-c4c(-c5ccccc5)ccc5sc6ccccc6c45)c(-c4ccnnn4)c3-c3c(C)c(C)cc4c3Cc3ccccc3-4)c1C)Cc1ccccc1-2. The van der Waals surface area contributed by atoms with Gasteiger partial charge in [-0.25, -0.2) is 0 Å². The van der Waals surface area contributed by atoms with Gasteiger partial charge in [-0.05, 0) is 170 Å². The van der Waals surface area contributed by atoms with Crippen molar-refractivity contribution in [3.63, 3.8) is 0 Å². The van der Waals surface area contributed by atoms with Crippen LogP contribution < -0.4 is 0 Å². The minimum atomic E-state index is 0.813. The number of rotatable bonds is 5. The lowest BCUT2D eigenvalue weighted by Gasteiger charge is -2.27. The van der Waals surface area contributed by atoms with E-state index in [4.69, 9.17) is 5.10 Å². The van der Waals surface area contributed by atoms with Crippen LogP contribution >= 0.6 is 11.3 Å². The van der Waals surface area contributed by atoms with Crippen molar-refractivity contribution in [1.29, 1.82) is 0 Å². The van der Waals surface area contributed by atoms with Crippen molar-refractivity contribution in [1.82, 2.24) is 15.4 Å². The molecule has 0 bridgehead atoms. The average Bonchev–Trinajstić information content (AvgIpc) is 3.98. The van der Waals surface area contributed by atoms with Crippen LogP contribution in [0.25, 0.3) is 98.2 Å². The molecule has 2 aliphatic rings. The first-order valence-electron chi connectivity index (χ1n) is 21.2. The Morgan fingerprint density at radius 2 is 1.03 bits per heavy atom. The van der Waals surface area contributed by atoms with E-state index in [-0.39, 0.29) is 0 Å². The quantitative estimate of drug-likeness (QED) is 0.174. The molecule has 0 amide bonds. The van der Waals surface area contributed by atoms with Crippen molar-refractivity contribution >= 4 is 31.5 Å². The highest BCUT2D eigenvalue weighted by atomic mass is 32.1. The Morgan fingerprint density at radius 1 is 0.443 bits per heavy atom. The van der Waals surface area contributed by atoms with E-state index >= 15 is 0 Å². The molecule has 3 nitrogen and oxygen atoms in total. The molecule has 4 heteroatoms. The molecule has 61 heavy (non-hydrogen) atoms. The molecule has 0 saturated carbocycles. The fraction of sp³-hybridized carbons (Fsp3) is 0.105. The van der Waals surface area contributed by atoms with Crippen molar-refractivity contribution in [2.75, 3.05) is 0 Å². The van der Waals surface area contributed by atoms with Crippen LogP contribution in [0.2, 0.25) is 0 Å². The second-order valence-corrected chi connectivity index (χ2v) is 17.9. The summed E-state index contributed by atoms with van der Waals surface area (Å²) in [5.41, 5.74) is 27.7. The molecule has 0 atom stereocenters. The Kier molecular flexibility index (Phi) is 8.10. The van der Waals surface area contributed by atoms with Crippen LogP contribution in [0.4, 0.5) is 0 Å². The van der Waals surface area contributed by atoms with Crippen molar-refractivity contribution < 1.29 is 0 Å². The molecule has 2 heterocycles. The fourth-order valence-electron chi connectivity index (χ4n) is 10.6. The number of thiophene rings is 1. The molecule has 2 aliphatic carbocycles. The second kappa shape index (κ2) is 13.8. The van der Waals surface area contributed by atoms with E-state index < -0.39 is 0 Å². The molecule has 12 rings (SSSR count). The van der Waals surface area contributed by atoms with Gasteiger partial charge in [-0.1, -0.05) is 127 Å². The highest BCUT2D eigenvalue weighted by molar-refractivity contribution is 7.26. The Hall–Kier alpha value is -7.01. The number of hydrogen-bond acceptors (Lipinski definition) is 4. The van der Waals surface area contributed by atoms with Gasteiger partial charge in [0.1, 0.15) is 0 Å². The van der Waals surface area contributed by atoms with Crippen LogP contribution in [0.15, 0.2) is 152 Å². The third-order valence-corrected chi connectivity index (χ3v) is 14.8. The lowest BCUT2D eigenvalue weighted by atomic mass is 9.76. The van der Waals surface area contributed by atoms with Gasteiger partial charge in [0, 0.05) is 31.3 Å². The standard InChI is InChI=1S/C57H41N3S/c1-32-28-45-39-18-10-8-16-37(39)30-47(45)52(34(32)3)43-22-23-44(54-41(36-14-6-5-7-15-36)24-25-51-56(54)42-20-12-13-21-50(42)61-51)55(49-26-27-58-60-59-49)57(43)53-35(4)33(2)29-46-40-19-11-9-17-38(40)31-48(46)53/h5-29H,30-31H2,1-4H3. The monoisotopic (exact) mass is 799 g/mol. The van der Waals surface area contributed by atoms with Gasteiger partial charge in [0.05, 0.1) is 11.9 Å². The van der Waals surface area contributed by atoms with E-state index in [1.807, 2.05) is 11.3 Å². The molecule has 0 aliphatic heterocycles. The predicted octanol–water partition coefficient (Wildman–Crippen LogP) is 15.0. The van der Waals surface area contributed by atoms with Crippen LogP contribution in [-0.4, -0.2) is 15.4 Å². The molecule has 0 spiro atoms. The van der Waals surface area contributed by atoms with Gasteiger partial charge in [0.2, 0.25) is 0 Å². The number of hydrogen-bond donors (Lipinski definition) is 0. The molecule has 0 fully saturated rings. The lowest BCUT2D eigenvalue weighted by molar-refractivity contribution is 0.871. The van der Waals surface area contributed by atoms with E-state index in [9.17, 15) is 0 Å². The molecule has 0 N–H and O–H groups in total. The zero-order valence-corrected chi connectivity index (χ0v) is 35.4. The Labute approximate surface area is 360 Å². The van der Waals surface area contributed by atoms with Gasteiger partial charge >= 0.3 is 0 Å². The third kappa shape index (κ3) is 5.38. The molecule has 0 unspecified atom stereocenters. The molecule has 2 aromatic heterocycles. The summed E-state index contributed by atoms with van der Waals surface area (Å²) in [4.78, 5) is 0. The van der Waals surface area contributed by atoms with E-state index in [2.05, 4.69) is 184 Å². The Morgan fingerprint density at radius 3 is 1.72 bits per heavy atom. The summed E-state index contributed by atoms with van der Waals surface area (Å²) in [6.45, 7) is 9.22. The normalized spacial score (nSPS) is 12.5. The van der Waals surface area contributed by atoms with Crippen molar-refractivity contribution in [3.05, 3.63) is 196 Å². The summed E-state index contributed by atoms with van der Waals surface area (Å²) in [6, 6.07) is 54.1. The molecular weight excluding hydrogens is 759 g/mol. The van der Waals surface area contributed by atoms with E-state index in [1.165, 1.54) is 126 Å². The molecule has 10 aromatic rings. The molecule has 0 saturated heterocycles. The first-order valence-corrected chi connectivity index (χ1v) is 22.0. The van der Waals surface area contributed by atoms with Gasteiger partial charge in [0.15, 0.2) is 0 Å². The van der Waals surface area contributed by atoms with Crippen molar-refractivity contribution in [2.45, 2.75) is 40.5 Å². The van der Waals surface area contributed by atoms with Crippen LogP contribution in [-0.2, 0) is 12.8 Å². The maximum Gasteiger partial charge on any atom is 0.0976 e. The highest BCUT2D eigenvalue weighted by Gasteiger charge is 2.33. The van der Waals surface area contributed by atoms with Crippen LogP contribution in [0, 0.1) is 27.7 Å². The minimum absolute atomic E-state index is 0.813. The maximum atomic E-state index is 4.96. The Bertz CT molecular complexity index is 3450. The molecular formula is C57H41N3S. The zero-order valence-electron chi connectivity index (χ0n) is 34.6. The summed E-state index contributed by atoms with van der Waals surface area (Å²) < 4.78 is 2.54. The smallest absolute Gasteiger partial charge is 0.0976 e. The number of fused-ring (bicyclic) bond motifs is 9. The third-order valence-electron chi connectivity index (χ3n) is 13.6. The molecule has 0 radical (unpaired) electrons. The van der Waals surface area contributed by atoms with Gasteiger partial charge in [-0.15, -0.1) is 21.5 Å². The van der Waals surface area contributed by atoms with Crippen molar-refractivity contribution in [3.8, 4) is 78.0 Å². The number of aromatic nitrogens is 3. The van der Waals surface area contributed by atoms with Crippen LogP contribution in [0.1, 0.15) is 44.5 Å². The molecule has 8 aromatic carbocycles. The Balaban J connectivity index is 1.30. The number of nitrogens with zero attached hydrogens (tertiary/aromatic N) is 3. The van der Waals surface area contributed by atoms with Crippen LogP contribution in [0.3, 0.4) is 0 Å². The maximum absolute atomic E-state index is 4.96. The first-order chi connectivity index (χ1) is 29.9. The van der Waals surface area contributed by atoms with E-state index in [1.54, 1.807) is 6.20 Å². The average molecular weight is 800 g/mol. The summed E-state index contributed by atoms with van der Waals surface area (Å²) in [5, 5.41) is 16.1. The minimum Gasteiger partial charge on any atom is -0.139 e. The van der Waals surface area contributed by atoms with Crippen molar-refractivity contribution in [2.24, 2.45) is 0 Å². The summed E-state index contributed by atoms with van der Waals surface area (Å²) in [7, 11) is 0. The summed E-state index contributed by atoms with van der Waals surface area (Å²) in [5.74, 6) is 0. The van der Waals surface area contributed by atoms with Gasteiger partial charge < -0.3 is 0 Å². The number of aryl methyl sites for hydroxylation is 2. The van der Waals surface area contributed by atoms with E-state index in [0.29, 0.717) is 0 Å². The first kappa shape index (κ1) is 35.9. The summed E-state index contributed by atoms with van der Waals surface area (Å²) in [6.07, 6.45) is 3.56. The van der Waals surface area contributed by atoms with Gasteiger partial charge in [-0.3, -0.25) is 0 Å². The zero-order chi connectivity index (χ0) is 40.9. The lowest BCUT2D eigenvalue weighted by Crippen LogP contribution is -2.05. The fourth-order valence-corrected chi connectivity index (χ4v) is 11.7. The summed E-state index contributed by atoms with van der Waals surface area (Å²) >= 11 is 1.86. The second-order valence-electron chi connectivity index (χ2n) is 16.8. The van der Waals surface area contributed by atoms with Gasteiger partial charge in [-0.2, -0.15) is 0 Å². The predicted molar refractivity (Wildman–Crippen MR) is 255 cm³/mol. The van der Waals surface area contributed by atoms with Gasteiger partial charge in [0.25, 0.3) is 0 Å². The van der Waals surface area contributed by atoms with E-state index in [0.717, 1.165) is 29.7 Å².